The molecule has 0 spiro atoms. The van der Waals surface area contributed by atoms with Crippen LogP contribution >= 0.6 is 11.6 Å². The van der Waals surface area contributed by atoms with Crippen LogP contribution in [0.4, 0.5) is 17.6 Å². The van der Waals surface area contributed by atoms with Crippen molar-refractivity contribution in [1.82, 2.24) is 0 Å². The summed E-state index contributed by atoms with van der Waals surface area (Å²) in [5.41, 5.74) is -0.382. The van der Waals surface area contributed by atoms with E-state index in [1.807, 2.05) is 0 Å². The molecule has 1 nitrogen and oxygen atoms in total. The summed E-state index contributed by atoms with van der Waals surface area (Å²) in [6.45, 7) is 0. The minimum absolute atomic E-state index is 0.0107. The van der Waals surface area contributed by atoms with Gasteiger partial charge in [0.15, 0.2) is 5.78 Å². The van der Waals surface area contributed by atoms with Gasteiger partial charge in [-0.05, 0) is 35.9 Å². The lowest BCUT2D eigenvalue weighted by Crippen LogP contribution is -2.07. The quantitative estimate of drug-likeness (QED) is 0.580. The van der Waals surface area contributed by atoms with E-state index >= 15 is 0 Å². The number of alkyl halides is 3. The van der Waals surface area contributed by atoms with Gasteiger partial charge in [-0.1, -0.05) is 23.7 Å². The zero-order valence-electron chi connectivity index (χ0n) is 10.5. The van der Waals surface area contributed by atoms with Crippen molar-refractivity contribution >= 4 is 17.4 Å². The molecule has 0 saturated heterocycles. The van der Waals surface area contributed by atoms with Crippen molar-refractivity contribution < 1.29 is 22.4 Å². The third-order valence-corrected chi connectivity index (χ3v) is 3.20. The molecule has 0 aliphatic rings. The van der Waals surface area contributed by atoms with Crippen LogP contribution in [-0.4, -0.2) is 5.78 Å². The van der Waals surface area contributed by atoms with E-state index in [2.05, 4.69) is 0 Å². The zero-order chi connectivity index (χ0) is 15.6. The van der Waals surface area contributed by atoms with Gasteiger partial charge in [-0.2, -0.15) is 13.2 Å². The third kappa shape index (κ3) is 3.82. The average molecular weight is 317 g/mol. The number of halogens is 5. The van der Waals surface area contributed by atoms with Crippen LogP contribution in [0.1, 0.15) is 21.5 Å². The van der Waals surface area contributed by atoms with Crippen molar-refractivity contribution in [2.24, 2.45) is 0 Å². The zero-order valence-corrected chi connectivity index (χ0v) is 11.3. The Bertz CT molecular complexity index is 662. The van der Waals surface area contributed by atoms with Crippen molar-refractivity contribution in [2.75, 3.05) is 0 Å². The van der Waals surface area contributed by atoms with Gasteiger partial charge in [-0.25, -0.2) is 4.39 Å². The minimum Gasteiger partial charge on any atom is -0.294 e. The second kappa shape index (κ2) is 5.85. The van der Waals surface area contributed by atoms with E-state index in [4.69, 9.17) is 11.6 Å². The van der Waals surface area contributed by atoms with Gasteiger partial charge in [0.05, 0.1) is 10.6 Å². The molecule has 110 valence electrons. The molecule has 0 N–H and O–H groups in total. The number of ketones is 1. The molecule has 0 fully saturated rings. The van der Waals surface area contributed by atoms with Gasteiger partial charge in [-0.3, -0.25) is 4.79 Å². The molecule has 2 aromatic rings. The van der Waals surface area contributed by atoms with Gasteiger partial charge in [0.2, 0.25) is 0 Å². The molecule has 0 aliphatic carbocycles. The Morgan fingerprint density at radius 1 is 1.05 bits per heavy atom. The van der Waals surface area contributed by atoms with Crippen molar-refractivity contribution in [1.29, 1.82) is 0 Å². The molecular weight excluding hydrogens is 308 g/mol. The lowest BCUT2D eigenvalue weighted by Gasteiger charge is -2.08. The summed E-state index contributed by atoms with van der Waals surface area (Å²) < 4.78 is 50.3. The average Bonchev–Trinajstić information content (AvgIpc) is 2.41. The molecule has 6 heteroatoms. The second-order valence-electron chi connectivity index (χ2n) is 4.42. The van der Waals surface area contributed by atoms with E-state index in [0.717, 1.165) is 24.3 Å². The van der Waals surface area contributed by atoms with E-state index in [9.17, 15) is 22.4 Å². The molecule has 0 saturated carbocycles. The van der Waals surface area contributed by atoms with E-state index < -0.39 is 23.3 Å². The van der Waals surface area contributed by atoms with Crippen LogP contribution in [0, 0.1) is 5.82 Å². The van der Waals surface area contributed by atoms with Gasteiger partial charge in [0, 0.05) is 12.0 Å². The maximum Gasteiger partial charge on any atom is 0.416 e. The molecule has 0 aromatic heterocycles. The first-order chi connectivity index (χ1) is 9.77. The topological polar surface area (TPSA) is 17.1 Å². The molecular formula is C15H9ClF4O. The smallest absolute Gasteiger partial charge is 0.294 e. The first-order valence-corrected chi connectivity index (χ1v) is 6.29. The lowest BCUT2D eigenvalue weighted by molar-refractivity contribution is -0.137. The summed E-state index contributed by atoms with van der Waals surface area (Å²) in [6.07, 6.45) is -4.57. The molecule has 0 amide bonds. The largest absolute Gasteiger partial charge is 0.416 e. The van der Waals surface area contributed by atoms with Crippen LogP contribution in [0.2, 0.25) is 5.02 Å². The monoisotopic (exact) mass is 316 g/mol. The Hall–Kier alpha value is -1.88. The first kappa shape index (κ1) is 15.5. The van der Waals surface area contributed by atoms with Crippen LogP contribution in [0.5, 0.6) is 0 Å². The molecule has 0 radical (unpaired) electrons. The number of carbonyl (C=O) groups excluding carboxylic acids is 1. The fraction of sp³-hybridized carbons (Fsp3) is 0.133. The molecule has 0 bridgehead atoms. The SMILES string of the molecule is O=C(Cc1ccc(C(F)(F)F)cc1)c1cc(F)ccc1Cl. The van der Waals surface area contributed by atoms with E-state index in [0.29, 0.717) is 5.56 Å². The Morgan fingerprint density at radius 2 is 1.67 bits per heavy atom. The van der Waals surface area contributed by atoms with Gasteiger partial charge >= 0.3 is 6.18 Å². The van der Waals surface area contributed by atoms with Gasteiger partial charge in [-0.15, -0.1) is 0 Å². The Morgan fingerprint density at radius 3 is 2.24 bits per heavy atom. The first-order valence-electron chi connectivity index (χ1n) is 5.92. The maximum atomic E-state index is 13.1. The Balaban J connectivity index is 2.18. The predicted molar refractivity (Wildman–Crippen MR) is 70.9 cm³/mol. The molecule has 21 heavy (non-hydrogen) atoms. The molecule has 2 rings (SSSR count). The fourth-order valence-corrected chi connectivity index (χ4v) is 2.03. The fourth-order valence-electron chi connectivity index (χ4n) is 1.80. The van der Waals surface area contributed by atoms with Crippen molar-refractivity contribution in [3.63, 3.8) is 0 Å². The normalized spacial score (nSPS) is 11.5. The number of hydrogen-bond donors (Lipinski definition) is 0. The van der Waals surface area contributed by atoms with Gasteiger partial charge in [0.1, 0.15) is 5.82 Å². The third-order valence-electron chi connectivity index (χ3n) is 2.87. The highest BCUT2D eigenvalue weighted by Gasteiger charge is 2.30. The predicted octanol–water partition coefficient (Wildman–Crippen LogP) is 4.92. The van der Waals surface area contributed by atoms with Crippen molar-refractivity contribution in [3.8, 4) is 0 Å². The van der Waals surface area contributed by atoms with E-state index in [1.54, 1.807) is 0 Å². The van der Waals surface area contributed by atoms with Crippen molar-refractivity contribution in [3.05, 3.63) is 70.0 Å². The second-order valence-corrected chi connectivity index (χ2v) is 4.83. The van der Waals surface area contributed by atoms with Crippen molar-refractivity contribution in [2.45, 2.75) is 12.6 Å². The maximum absolute atomic E-state index is 13.1. The number of rotatable bonds is 3. The van der Waals surface area contributed by atoms with Crippen LogP contribution in [0.25, 0.3) is 0 Å². The summed E-state index contributed by atoms with van der Waals surface area (Å²) in [5, 5.41) is 0.105. The molecule has 0 unspecified atom stereocenters. The summed E-state index contributed by atoms with van der Waals surface area (Å²) in [7, 11) is 0. The van der Waals surface area contributed by atoms with Crippen LogP contribution in [0.15, 0.2) is 42.5 Å². The van der Waals surface area contributed by atoms with Crippen LogP contribution in [0.3, 0.4) is 0 Å². The highest BCUT2D eigenvalue weighted by molar-refractivity contribution is 6.34. The number of carbonyl (C=O) groups is 1. The minimum atomic E-state index is -4.42. The number of hydrogen-bond acceptors (Lipinski definition) is 1. The Labute approximate surface area is 123 Å². The van der Waals surface area contributed by atoms with E-state index in [1.165, 1.54) is 18.2 Å². The molecule has 0 aliphatic heterocycles. The lowest BCUT2D eigenvalue weighted by atomic mass is 10.0. The Kier molecular flexibility index (Phi) is 4.32. The molecule has 0 heterocycles. The molecule has 2 aromatic carbocycles. The van der Waals surface area contributed by atoms with Gasteiger partial charge in [0.25, 0.3) is 0 Å². The standard InChI is InChI=1S/C15H9ClF4O/c16-13-6-5-11(17)8-12(13)14(21)7-9-1-3-10(4-2-9)15(18,19)20/h1-6,8H,7H2. The summed E-state index contributed by atoms with van der Waals surface area (Å²) >= 11 is 5.81. The summed E-state index contributed by atoms with van der Waals surface area (Å²) in [5.74, 6) is -1.06. The molecule has 0 atom stereocenters. The summed E-state index contributed by atoms with van der Waals surface area (Å²) in [4.78, 5) is 12.0. The summed E-state index contributed by atoms with van der Waals surface area (Å²) in [6, 6.07) is 7.62. The highest BCUT2D eigenvalue weighted by atomic mass is 35.5. The van der Waals surface area contributed by atoms with Gasteiger partial charge < -0.3 is 0 Å². The van der Waals surface area contributed by atoms with Crippen LogP contribution < -0.4 is 0 Å². The number of benzene rings is 2. The van der Waals surface area contributed by atoms with Crippen LogP contribution in [-0.2, 0) is 12.6 Å². The number of Topliss-reactive ketones (excluding diaryl/α,β-unsaturated/α-hetero) is 1. The van der Waals surface area contributed by atoms with E-state index in [-0.39, 0.29) is 17.0 Å². The highest BCUT2D eigenvalue weighted by Crippen LogP contribution is 2.29.